The maximum atomic E-state index is 12.8. The zero-order chi connectivity index (χ0) is 16.5. The summed E-state index contributed by atoms with van der Waals surface area (Å²) in [5.41, 5.74) is -1.40. The third-order valence-electron chi connectivity index (χ3n) is 3.66. The van der Waals surface area contributed by atoms with Crippen molar-refractivity contribution < 1.29 is 22.8 Å². The fourth-order valence-corrected chi connectivity index (χ4v) is 2.36. The Labute approximate surface area is 126 Å². The van der Waals surface area contributed by atoms with Crippen molar-refractivity contribution in [3.8, 4) is 0 Å². The first-order valence-corrected chi connectivity index (χ1v) is 6.89. The molecule has 1 aliphatic heterocycles. The Bertz CT molecular complexity index is 597. The molecule has 1 heterocycles. The predicted octanol–water partition coefficient (Wildman–Crippen LogP) is 2.34. The fourth-order valence-electron chi connectivity index (χ4n) is 2.36. The summed E-state index contributed by atoms with van der Waals surface area (Å²) in [4.78, 5) is 23.2. The van der Waals surface area contributed by atoms with Gasteiger partial charge in [0.25, 0.3) is 0 Å². The SMILES string of the molecule is CC(C)(NC(=O)[C@H]1CCC(=O)N1)c1cccc(C(F)(F)F)c1. The molecule has 0 bridgehead atoms. The van der Waals surface area contributed by atoms with Crippen molar-refractivity contribution in [2.24, 2.45) is 0 Å². The minimum Gasteiger partial charge on any atom is -0.345 e. The van der Waals surface area contributed by atoms with Gasteiger partial charge in [-0.2, -0.15) is 13.2 Å². The number of amides is 2. The highest BCUT2D eigenvalue weighted by Crippen LogP contribution is 2.32. The number of rotatable bonds is 3. The van der Waals surface area contributed by atoms with Crippen molar-refractivity contribution in [1.29, 1.82) is 0 Å². The minimum atomic E-state index is -4.43. The van der Waals surface area contributed by atoms with Gasteiger partial charge in [0.15, 0.2) is 0 Å². The zero-order valence-electron chi connectivity index (χ0n) is 12.3. The van der Waals surface area contributed by atoms with E-state index >= 15 is 0 Å². The molecule has 120 valence electrons. The van der Waals surface area contributed by atoms with Crippen molar-refractivity contribution in [1.82, 2.24) is 10.6 Å². The molecule has 4 nitrogen and oxygen atoms in total. The van der Waals surface area contributed by atoms with Gasteiger partial charge < -0.3 is 10.6 Å². The van der Waals surface area contributed by atoms with Crippen LogP contribution in [0, 0.1) is 0 Å². The number of benzene rings is 1. The number of halogens is 3. The molecule has 0 spiro atoms. The van der Waals surface area contributed by atoms with Gasteiger partial charge in [0, 0.05) is 6.42 Å². The lowest BCUT2D eigenvalue weighted by Crippen LogP contribution is -2.49. The van der Waals surface area contributed by atoms with E-state index in [1.165, 1.54) is 12.1 Å². The van der Waals surface area contributed by atoms with Crippen LogP contribution in [0.2, 0.25) is 0 Å². The average Bonchev–Trinajstić information content (AvgIpc) is 2.84. The van der Waals surface area contributed by atoms with Gasteiger partial charge in [-0.1, -0.05) is 12.1 Å². The lowest BCUT2D eigenvalue weighted by atomic mass is 9.92. The van der Waals surface area contributed by atoms with E-state index in [1.54, 1.807) is 13.8 Å². The lowest BCUT2D eigenvalue weighted by Gasteiger charge is -2.29. The van der Waals surface area contributed by atoms with Crippen LogP contribution in [0.4, 0.5) is 13.2 Å². The number of carbonyl (C=O) groups excluding carboxylic acids is 2. The third kappa shape index (κ3) is 3.58. The zero-order valence-corrected chi connectivity index (χ0v) is 12.3. The molecule has 1 aliphatic rings. The van der Waals surface area contributed by atoms with Crippen LogP contribution in [0.3, 0.4) is 0 Å². The second kappa shape index (κ2) is 5.62. The number of carbonyl (C=O) groups is 2. The normalized spacial score (nSPS) is 19.0. The molecule has 0 aliphatic carbocycles. The quantitative estimate of drug-likeness (QED) is 0.899. The molecule has 2 amide bonds. The number of alkyl halides is 3. The highest BCUT2D eigenvalue weighted by molar-refractivity contribution is 5.91. The van der Waals surface area contributed by atoms with Gasteiger partial charge in [-0.05, 0) is 38.0 Å². The maximum Gasteiger partial charge on any atom is 0.416 e. The van der Waals surface area contributed by atoms with Gasteiger partial charge >= 0.3 is 6.18 Å². The van der Waals surface area contributed by atoms with Crippen LogP contribution in [0.5, 0.6) is 0 Å². The Hall–Kier alpha value is -2.05. The molecule has 1 saturated heterocycles. The second-order valence-corrected chi connectivity index (χ2v) is 5.85. The molecule has 2 rings (SSSR count). The van der Waals surface area contributed by atoms with Gasteiger partial charge in [0.1, 0.15) is 6.04 Å². The Morgan fingerprint density at radius 2 is 1.91 bits per heavy atom. The molecule has 0 unspecified atom stereocenters. The highest BCUT2D eigenvalue weighted by atomic mass is 19.4. The predicted molar refractivity (Wildman–Crippen MR) is 73.8 cm³/mol. The summed E-state index contributed by atoms with van der Waals surface area (Å²) in [6.45, 7) is 3.24. The summed E-state index contributed by atoms with van der Waals surface area (Å²) in [6.07, 6.45) is -3.76. The lowest BCUT2D eigenvalue weighted by molar-refractivity contribution is -0.137. The fraction of sp³-hybridized carbons (Fsp3) is 0.467. The van der Waals surface area contributed by atoms with Gasteiger partial charge in [-0.25, -0.2) is 0 Å². The monoisotopic (exact) mass is 314 g/mol. The summed E-state index contributed by atoms with van der Waals surface area (Å²) in [5, 5.41) is 5.23. The third-order valence-corrected chi connectivity index (χ3v) is 3.66. The summed E-state index contributed by atoms with van der Waals surface area (Å²) >= 11 is 0. The molecule has 1 atom stereocenters. The van der Waals surface area contributed by atoms with Crippen LogP contribution in [0.15, 0.2) is 24.3 Å². The van der Waals surface area contributed by atoms with E-state index in [4.69, 9.17) is 0 Å². The molecule has 1 fully saturated rings. The van der Waals surface area contributed by atoms with E-state index in [0.29, 0.717) is 12.0 Å². The Balaban J connectivity index is 2.16. The first-order chi connectivity index (χ1) is 10.1. The largest absolute Gasteiger partial charge is 0.416 e. The van der Waals surface area contributed by atoms with Crippen LogP contribution in [0.1, 0.15) is 37.8 Å². The van der Waals surface area contributed by atoms with E-state index in [-0.39, 0.29) is 12.3 Å². The average molecular weight is 314 g/mol. The van der Waals surface area contributed by atoms with E-state index in [0.717, 1.165) is 12.1 Å². The Morgan fingerprint density at radius 1 is 1.27 bits per heavy atom. The summed E-state index contributed by atoms with van der Waals surface area (Å²) < 4.78 is 38.3. The molecular weight excluding hydrogens is 297 g/mol. The molecule has 2 N–H and O–H groups in total. The van der Waals surface area contributed by atoms with Gasteiger partial charge in [0.05, 0.1) is 11.1 Å². The van der Waals surface area contributed by atoms with Crippen LogP contribution >= 0.6 is 0 Å². The van der Waals surface area contributed by atoms with E-state index in [1.807, 2.05) is 0 Å². The molecule has 22 heavy (non-hydrogen) atoms. The summed E-state index contributed by atoms with van der Waals surface area (Å²) in [5.74, 6) is -0.592. The minimum absolute atomic E-state index is 0.197. The molecule has 7 heteroatoms. The number of nitrogens with one attached hydrogen (secondary N) is 2. The smallest absolute Gasteiger partial charge is 0.345 e. The van der Waals surface area contributed by atoms with Gasteiger partial charge in [-0.3, -0.25) is 9.59 Å². The van der Waals surface area contributed by atoms with Crippen molar-refractivity contribution in [3.63, 3.8) is 0 Å². The molecular formula is C15H17F3N2O2. The van der Waals surface area contributed by atoms with Crippen LogP contribution in [-0.2, 0) is 21.3 Å². The molecule has 0 aromatic heterocycles. The molecule has 1 aromatic rings. The molecule has 0 radical (unpaired) electrons. The summed E-state index contributed by atoms with van der Waals surface area (Å²) in [6, 6.07) is 4.22. The number of hydrogen-bond acceptors (Lipinski definition) is 2. The topological polar surface area (TPSA) is 58.2 Å². The molecule has 0 saturated carbocycles. The van der Waals surface area contributed by atoms with Crippen LogP contribution in [-0.4, -0.2) is 17.9 Å². The van der Waals surface area contributed by atoms with Crippen molar-refractivity contribution in [3.05, 3.63) is 35.4 Å². The van der Waals surface area contributed by atoms with Gasteiger partial charge in [-0.15, -0.1) is 0 Å². The van der Waals surface area contributed by atoms with Crippen molar-refractivity contribution in [2.75, 3.05) is 0 Å². The van der Waals surface area contributed by atoms with E-state index < -0.39 is 29.2 Å². The molecule has 1 aromatic carbocycles. The standard InChI is InChI=1S/C15H17F3N2O2/c1-14(2,20-13(22)11-6-7-12(21)19-11)9-4-3-5-10(8-9)15(16,17)18/h3-5,8,11H,6-7H2,1-2H3,(H,19,21)(H,20,22)/t11-/m1/s1. The number of hydrogen-bond donors (Lipinski definition) is 2. The van der Waals surface area contributed by atoms with Gasteiger partial charge in [0.2, 0.25) is 11.8 Å². The first-order valence-electron chi connectivity index (χ1n) is 6.89. The van der Waals surface area contributed by atoms with Crippen molar-refractivity contribution in [2.45, 2.75) is 44.4 Å². The highest BCUT2D eigenvalue weighted by Gasteiger charge is 2.34. The Kier molecular flexibility index (Phi) is 4.17. The maximum absolute atomic E-state index is 12.8. The van der Waals surface area contributed by atoms with E-state index in [2.05, 4.69) is 10.6 Å². The summed E-state index contributed by atoms with van der Waals surface area (Å²) in [7, 11) is 0. The van der Waals surface area contributed by atoms with Crippen molar-refractivity contribution >= 4 is 11.8 Å². The van der Waals surface area contributed by atoms with Crippen LogP contribution in [0.25, 0.3) is 0 Å². The van der Waals surface area contributed by atoms with Crippen LogP contribution < -0.4 is 10.6 Å². The first kappa shape index (κ1) is 16.3. The Morgan fingerprint density at radius 3 is 2.45 bits per heavy atom. The van der Waals surface area contributed by atoms with E-state index in [9.17, 15) is 22.8 Å². The second-order valence-electron chi connectivity index (χ2n) is 5.85.